The maximum Gasteiger partial charge on any atom is 0.0110 e. The van der Waals surface area contributed by atoms with E-state index in [9.17, 15) is 0 Å². The van der Waals surface area contributed by atoms with E-state index in [1.54, 1.807) is 0 Å². The highest BCUT2D eigenvalue weighted by Crippen LogP contribution is 2.17. The van der Waals surface area contributed by atoms with Crippen LogP contribution < -0.4 is 0 Å². The van der Waals surface area contributed by atoms with Crippen molar-refractivity contribution in [1.29, 1.82) is 0 Å². The van der Waals surface area contributed by atoms with Crippen molar-refractivity contribution in [2.45, 2.75) is 49.4 Å². The third-order valence-corrected chi connectivity index (χ3v) is 3.94. The van der Waals surface area contributed by atoms with E-state index in [2.05, 4.69) is 59.8 Å². The molecule has 1 atom stereocenters. The Morgan fingerprint density at radius 1 is 1.07 bits per heavy atom. The van der Waals surface area contributed by atoms with Crippen LogP contribution in [0, 0.1) is 0 Å². The predicted molar refractivity (Wildman–Crippen MR) is 76.7 cm³/mol. The summed E-state index contributed by atoms with van der Waals surface area (Å²) in [6.07, 6.45) is 8.06. The van der Waals surface area contributed by atoms with Crippen LogP contribution in [0.1, 0.15) is 44.6 Å². The van der Waals surface area contributed by atoms with Crippen LogP contribution in [0.5, 0.6) is 0 Å². The van der Waals surface area contributed by atoms with Crippen LogP contribution in [0.25, 0.3) is 0 Å². The summed E-state index contributed by atoms with van der Waals surface area (Å²) in [7, 11) is 0. The fraction of sp³-hybridized carbons (Fsp3) is 0.571. The second-order valence-electron chi connectivity index (χ2n) is 4.12. The largest absolute Gasteiger partial charge is 0.0826 e. The summed E-state index contributed by atoms with van der Waals surface area (Å²) in [4.78, 5) is 0. The standard InChI is InChI=1S/C14H21I/c1-2-3-11-14(15)12-7-10-13-8-5-4-6-9-13/h4-6,8-9,14H,2-3,7,10-12H2,1H3. The maximum absolute atomic E-state index is 2.61. The fourth-order valence-electron chi connectivity index (χ4n) is 1.74. The smallest absolute Gasteiger partial charge is 0.0110 e. The maximum atomic E-state index is 2.61. The van der Waals surface area contributed by atoms with Crippen molar-refractivity contribution >= 4 is 22.6 Å². The fourth-order valence-corrected chi connectivity index (χ4v) is 2.62. The molecule has 0 nitrogen and oxygen atoms in total. The van der Waals surface area contributed by atoms with Gasteiger partial charge in [-0.25, -0.2) is 0 Å². The van der Waals surface area contributed by atoms with Gasteiger partial charge in [-0.2, -0.15) is 0 Å². The Morgan fingerprint density at radius 2 is 1.73 bits per heavy atom. The van der Waals surface area contributed by atoms with Crippen molar-refractivity contribution in [1.82, 2.24) is 0 Å². The lowest BCUT2D eigenvalue weighted by molar-refractivity contribution is 0.637. The highest BCUT2D eigenvalue weighted by atomic mass is 127. The van der Waals surface area contributed by atoms with Crippen molar-refractivity contribution < 1.29 is 0 Å². The molecular formula is C14H21I. The molecule has 1 aromatic rings. The van der Waals surface area contributed by atoms with Gasteiger partial charge in [-0.3, -0.25) is 0 Å². The highest BCUT2D eigenvalue weighted by Gasteiger charge is 2.02. The average molecular weight is 316 g/mol. The van der Waals surface area contributed by atoms with Gasteiger partial charge in [-0.1, -0.05) is 72.7 Å². The lowest BCUT2D eigenvalue weighted by Crippen LogP contribution is -1.98. The minimum atomic E-state index is 0.881. The number of hydrogen-bond acceptors (Lipinski definition) is 0. The minimum absolute atomic E-state index is 0.881. The molecule has 1 heteroatoms. The molecule has 0 saturated carbocycles. The monoisotopic (exact) mass is 316 g/mol. The Labute approximate surface area is 108 Å². The van der Waals surface area contributed by atoms with Gasteiger partial charge >= 0.3 is 0 Å². The summed E-state index contributed by atoms with van der Waals surface area (Å²) in [5.41, 5.74) is 1.48. The van der Waals surface area contributed by atoms with Crippen molar-refractivity contribution in [3.8, 4) is 0 Å². The summed E-state index contributed by atoms with van der Waals surface area (Å²) >= 11 is 2.61. The van der Waals surface area contributed by atoms with E-state index in [1.807, 2.05) is 0 Å². The summed E-state index contributed by atoms with van der Waals surface area (Å²) in [5, 5.41) is 0. The quantitative estimate of drug-likeness (QED) is 0.490. The Kier molecular flexibility index (Phi) is 7.07. The first kappa shape index (κ1) is 13.0. The zero-order chi connectivity index (χ0) is 10.9. The van der Waals surface area contributed by atoms with Crippen LogP contribution in [-0.2, 0) is 6.42 Å². The molecule has 0 saturated heterocycles. The molecule has 0 spiro atoms. The first-order chi connectivity index (χ1) is 7.33. The molecule has 15 heavy (non-hydrogen) atoms. The number of rotatable bonds is 7. The highest BCUT2D eigenvalue weighted by molar-refractivity contribution is 14.1. The second kappa shape index (κ2) is 8.14. The Balaban J connectivity index is 2.11. The van der Waals surface area contributed by atoms with E-state index in [4.69, 9.17) is 0 Å². The van der Waals surface area contributed by atoms with E-state index in [0.717, 1.165) is 3.92 Å². The zero-order valence-electron chi connectivity index (χ0n) is 9.58. The number of alkyl halides is 1. The number of aryl methyl sites for hydroxylation is 1. The zero-order valence-corrected chi connectivity index (χ0v) is 11.7. The first-order valence-electron chi connectivity index (χ1n) is 6.01. The van der Waals surface area contributed by atoms with Gasteiger partial charge in [-0.15, -0.1) is 0 Å². The average Bonchev–Trinajstić information content (AvgIpc) is 2.28. The number of hydrogen-bond donors (Lipinski definition) is 0. The third-order valence-electron chi connectivity index (χ3n) is 2.70. The Hall–Kier alpha value is -0.0500. The second-order valence-corrected chi connectivity index (χ2v) is 5.88. The lowest BCUT2D eigenvalue weighted by atomic mass is 10.1. The molecule has 1 rings (SSSR count). The normalized spacial score (nSPS) is 12.7. The van der Waals surface area contributed by atoms with E-state index in [1.165, 1.54) is 44.1 Å². The van der Waals surface area contributed by atoms with Crippen LogP contribution in [0.3, 0.4) is 0 Å². The SMILES string of the molecule is CCCCC(I)CCCc1ccccc1. The molecule has 0 N–H and O–H groups in total. The van der Waals surface area contributed by atoms with Gasteiger partial charge in [-0.05, 0) is 31.2 Å². The number of benzene rings is 1. The van der Waals surface area contributed by atoms with Crippen molar-refractivity contribution in [2.24, 2.45) is 0 Å². The van der Waals surface area contributed by atoms with Gasteiger partial charge in [0.05, 0.1) is 0 Å². The van der Waals surface area contributed by atoms with Crippen molar-refractivity contribution in [3.63, 3.8) is 0 Å². The molecule has 84 valence electrons. The first-order valence-corrected chi connectivity index (χ1v) is 7.25. The Bertz CT molecular complexity index is 243. The Morgan fingerprint density at radius 3 is 2.40 bits per heavy atom. The van der Waals surface area contributed by atoms with E-state index in [0.29, 0.717) is 0 Å². The van der Waals surface area contributed by atoms with Gasteiger partial charge in [0, 0.05) is 3.92 Å². The van der Waals surface area contributed by atoms with Crippen LogP contribution in [0.2, 0.25) is 0 Å². The van der Waals surface area contributed by atoms with Gasteiger partial charge in [0.15, 0.2) is 0 Å². The van der Waals surface area contributed by atoms with Gasteiger partial charge < -0.3 is 0 Å². The lowest BCUT2D eigenvalue weighted by Gasteiger charge is -2.08. The molecule has 1 unspecified atom stereocenters. The van der Waals surface area contributed by atoms with Crippen LogP contribution in [-0.4, -0.2) is 3.92 Å². The molecule has 1 aromatic carbocycles. The van der Waals surface area contributed by atoms with E-state index >= 15 is 0 Å². The minimum Gasteiger partial charge on any atom is -0.0826 e. The van der Waals surface area contributed by atoms with Crippen molar-refractivity contribution in [2.75, 3.05) is 0 Å². The molecule has 0 aliphatic heterocycles. The summed E-state index contributed by atoms with van der Waals surface area (Å²) in [6, 6.07) is 10.8. The number of halogens is 1. The predicted octanol–water partition coefficient (Wildman–Crippen LogP) is 5.00. The molecule has 0 aromatic heterocycles. The molecule has 0 amide bonds. The van der Waals surface area contributed by atoms with Gasteiger partial charge in [0.2, 0.25) is 0 Å². The summed E-state index contributed by atoms with van der Waals surface area (Å²) in [5.74, 6) is 0. The summed E-state index contributed by atoms with van der Waals surface area (Å²) < 4.78 is 0.881. The van der Waals surface area contributed by atoms with Crippen molar-refractivity contribution in [3.05, 3.63) is 35.9 Å². The molecule has 0 heterocycles. The van der Waals surface area contributed by atoms with Gasteiger partial charge in [0.1, 0.15) is 0 Å². The molecule has 0 aliphatic rings. The van der Waals surface area contributed by atoms with Crippen LogP contribution in [0.4, 0.5) is 0 Å². The van der Waals surface area contributed by atoms with Crippen LogP contribution in [0.15, 0.2) is 30.3 Å². The summed E-state index contributed by atoms with van der Waals surface area (Å²) in [6.45, 7) is 2.27. The molecule has 0 fully saturated rings. The molecule has 0 aliphatic carbocycles. The molecule has 0 radical (unpaired) electrons. The third kappa shape index (κ3) is 6.18. The molecular weight excluding hydrogens is 295 g/mol. The van der Waals surface area contributed by atoms with E-state index in [-0.39, 0.29) is 0 Å². The molecule has 0 bridgehead atoms. The number of unbranched alkanes of at least 4 members (excludes halogenated alkanes) is 1. The van der Waals surface area contributed by atoms with Crippen LogP contribution >= 0.6 is 22.6 Å². The topological polar surface area (TPSA) is 0 Å². The van der Waals surface area contributed by atoms with Gasteiger partial charge in [0.25, 0.3) is 0 Å². The van der Waals surface area contributed by atoms with E-state index < -0.39 is 0 Å².